The minimum absolute atomic E-state index is 0.00403. The molecule has 0 aromatic rings. The van der Waals surface area contributed by atoms with Crippen molar-refractivity contribution in [1.82, 2.24) is 0 Å². The van der Waals surface area contributed by atoms with Crippen LogP contribution in [-0.4, -0.2) is 25.2 Å². The molecule has 0 aliphatic heterocycles. The molecule has 0 rings (SSSR count). The van der Waals surface area contributed by atoms with Crippen molar-refractivity contribution in [2.75, 3.05) is 13.2 Å². The van der Waals surface area contributed by atoms with E-state index in [0.717, 1.165) is 6.42 Å². The summed E-state index contributed by atoms with van der Waals surface area (Å²) in [6.07, 6.45) is 0.902. The quantitative estimate of drug-likeness (QED) is 0.588. The van der Waals surface area contributed by atoms with E-state index in [1.165, 1.54) is 0 Å². The molecule has 0 aromatic heterocycles. The highest BCUT2D eigenvalue weighted by atomic mass is 16.5. The molecule has 0 saturated carbocycles. The van der Waals surface area contributed by atoms with Crippen molar-refractivity contribution >= 4 is 5.91 Å². The molecule has 0 unspecified atom stereocenters. The Morgan fingerprint density at radius 3 is 2.50 bits per heavy atom. The van der Waals surface area contributed by atoms with Crippen LogP contribution in [0, 0.1) is 5.92 Å². The molecule has 0 fully saturated rings. The highest BCUT2D eigenvalue weighted by Gasteiger charge is 2.05. The zero-order valence-electron chi connectivity index (χ0n) is 7.75. The Morgan fingerprint density at radius 1 is 1.50 bits per heavy atom. The average molecular weight is 174 g/mol. The van der Waals surface area contributed by atoms with Crippen molar-refractivity contribution in [3.8, 4) is 0 Å². The normalized spacial score (nSPS) is 13.3. The molecular formula is C8H18N2O2. The third-order valence-electron chi connectivity index (χ3n) is 1.35. The summed E-state index contributed by atoms with van der Waals surface area (Å²) < 4.78 is 4.96. The highest BCUT2D eigenvalue weighted by molar-refractivity contribution is 5.74. The van der Waals surface area contributed by atoms with Gasteiger partial charge in [0, 0.05) is 6.04 Å². The Hall–Kier alpha value is -0.610. The van der Waals surface area contributed by atoms with Gasteiger partial charge in [0.15, 0.2) is 0 Å². The number of rotatable bonds is 6. The molecule has 12 heavy (non-hydrogen) atoms. The van der Waals surface area contributed by atoms with Crippen LogP contribution in [0.2, 0.25) is 0 Å². The first-order chi connectivity index (χ1) is 5.52. The Balaban J connectivity index is 3.31. The van der Waals surface area contributed by atoms with Crippen molar-refractivity contribution < 1.29 is 9.53 Å². The fourth-order valence-corrected chi connectivity index (χ4v) is 0.984. The lowest BCUT2D eigenvalue weighted by Gasteiger charge is -2.13. The third kappa shape index (κ3) is 7.50. The summed E-state index contributed by atoms with van der Waals surface area (Å²) >= 11 is 0. The maximum absolute atomic E-state index is 10.3. The number of hydrogen-bond acceptors (Lipinski definition) is 3. The van der Waals surface area contributed by atoms with Gasteiger partial charge in [-0.15, -0.1) is 0 Å². The maximum Gasteiger partial charge on any atom is 0.243 e. The highest BCUT2D eigenvalue weighted by Crippen LogP contribution is 2.02. The van der Waals surface area contributed by atoms with Crippen molar-refractivity contribution in [2.24, 2.45) is 17.4 Å². The molecule has 0 bridgehead atoms. The Bertz CT molecular complexity index is 137. The maximum atomic E-state index is 10.3. The fraction of sp³-hybridized carbons (Fsp3) is 0.875. The lowest BCUT2D eigenvalue weighted by Crippen LogP contribution is -2.30. The zero-order valence-corrected chi connectivity index (χ0v) is 7.75. The molecule has 4 nitrogen and oxygen atoms in total. The van der Waals surface area contributed by atoms with Gasteiger partial charge in [-0.25, -0.2) is 0 Å². The number of amides is 1. The second-order valence-electron chi connectivity index (χ2n) is 3.37. The molecule has 1 amide bonds. The lowest BCUT2D eigenvalue weighted by atomic mass is 10.1. The smallest absolute Gasteiger partial charge is 0.243 e. The largest absolute Gasteiger partial charge is 0.370 e. The first-order valence-electron chi connectivity index (χ1n) is 4.14. The molecule has 0 aliphatic carbocycles. The van der Waals surface area contributed by atoms with Crippen LogP contribution in [0.5, 0.6) is 0 Å². The minimum atomic E-state index is -0.452. The van der Waals surface area contributed by atoms with E-state index in [2.05, 4.69) is 13.8 Å². The van der Waals surface area contributed by atoms with Crippen LogP contribution in [0.15, 0.2) is 0 Å². The van der Waals surface area contributed by atoms with Gasteiger partial charge in [0.1, 0.15) is 6.61 Å². The van der Waals surface area contributed by atoms with E-state index in [0.29, 0.717) is 12.5 Å². The molecule has 0 aliphatic rings. The fourth-order valence-electron chi connectivity index (χ4n) is 0.984. The molecule has 0 radical (unpaired) electrons. The standard InChI is InChI=1S/C8H18N2O2/c1-6(2)3-7(9)4-12-5-8(10)11/h6-7H,3-5,9H2,1-2H3,(H2,10,11)/t7-/m0/s1. The minimum Gasteiger partial charge on any atom is -0.370 e. The van der Waals surface area contributed by atoms with Crippen LogP contribution < -0.4 is 11.5 Å². The van der Waals surface area contributed by atoms with Crippen LogP contribution in [0.3, 0.4) is 0 Å². The second kappa shape index (κ2) is 5.97. The van der Waals surface area contributed by atoms with Gasteiger partial charge in [-0.1, -0.05) is 13.8 Å². The molecular weight excluding hydrogens is 156 g/mol. The molecule has 72 valence electrons. The Morgan fingerprint density at radius 2 is 2.08 bits per heavy atom. The van der Waals surface area contributed by atoms with Gasteiger partial charge in [0.05, 0.1) is 6.61 Å². The summed E-state index contributed by atoms with van der Waals surface area (Å²) in [5, 5.41) is 0. The zero-order chi connectivity index (χ0) is 9.56. The van der Waals surface area contributed by atoms with Gasteiger partial charge in [0.2, 0.25) is 5.91 Å². The van der Waals surface area contributed by atoms with E-state index < -0.39 is 5.91 Å². The molecule has 4 N–H and O–H groups in total. The predicted octanol–water partition coefficient (Wildman–Crippen LogP) is -0.138. The van der Waals surface area contributed by atoms with Crippen LogP contribution >= 0.6 is 0 Å². The summed E-state index contributed by atoms with van der Waals surface area (Å²) in [6.45, 7) is 4.55. The summed E-state index contributed by atoms with van der Waals surface area (Å²) in [4.78, 5) is 10.3. The van der Waals surface area contributed by atoms with Gasteiger partial charge in [0.25, 0.3) is 0 Å². The Kier molecular flexibility index (Phi) is 5.66. The van der Waals surface area contributed by atoms with Crippen molar-refractivity contribution in [3.63, 3.8) is 0 Å². The van der Waals surface area contributed by atoms with Crippen LogP contribution in [0.1, 0.15) is 20.3 Å². The molecule has 0 heterocycles. The van der Waals surface area contributed by atoms with E-state index in [1.807, 2.05) is 0 Å². The number of carbonyl (C=O) groups excluding carboxylic acids is 1. The SMILES string of the molecule is CC(C)C[C@H](N)COCC(N)=O. The van der Waals surface area contributed by atoms with Gasteiger partial charge < -0.3 is 16.2 Å². The van der Waals surface area contributed by atoms with Crippen molar-refractivity contribution in [1.29, 1.82) is 0 Å². The van der Waals surface area contributed by atoms with Gasteiger partial charge in [-0.2, -0.15) is 0 Å². The monoisotopic (exact) mass is 174 g/mol. The van der Waals surface area contributed by atoms with E-state index in [4.69, 9.17) is 16.2 Å². The van der Waals surface area contributed by atoms with E-state index in [1.54, 1.807) is 0 Å². The van der Waals surface area contributed by atoms with E-state index >= 15 is 0 Å². The van der Waals surface area contributed by atoms with Gasteiger partial charge >= 0.3 is 0 Å². The molecule has 0 saturated heterocycles. The van der Waals surface area contributed by atoms with Gasteiger partial charge in [-0.05, 0) is 12.3 Å². The number of carbonyl (C=O) groups is 1. The van der Waals surface area contributed by atoms with Crippen molar-refractivity contribution in [3.05, 3.63) is 0 Å². The van der Waals surface area contributed by atoms with E-state index in [9.17, 15) is 4.79 Å². The molecule has 0 aromatic carbocycles. The summed E-state index contributed by atoms with van der Waals surface area (Å²) in [5.74, 6) is 0.101. The molecule has 0 spiro atoms. The molecule has 4 heteroatoms. The predicted molar refractivity (Wildman–Crippen MR) is 47.4 cm³/mol. The van der Waals surface area contributed by atoms with Crippen LogP contribution in [0.4, 0.5) is 0 Å². The van der Waals surface area contributed by atoms with E-state index in [-0.39, 0.29) is 12.6 Å². The first kappa shape index (κ1) is 11.4. The summed E-state index contributed by atoms with van der Waals surface area (Å²) in [6, 6.07) is 0.00403. The van der Waals surface area contributed by atoms with Crippen LogP contribution in [0.25, 0.3) is 0 Å². The van der Waals surface area contributed by atoms with Crippen LogP contribution in [-0.2, 0) is 9.53 Å². The van der Waals surface area contributed by atoms with Crippen molar-refractivity contribution in [2.45, 2.75) is 26.3 Å². The van der Waals surface area contributed by atoms with Gasteiger partial charge in [-0.3, -0.25) is 4.79 Å². The average Bonchev–Trinajstić information content (AvgIpc) is 1.84. The Labute approximate surface area is 73.2 Å². The number of primary amides is 1. The molecule has 1 atom stereocenters. The number of hydrogen-bond donors (Lipinski definition) is 2. The third-order valence-corrected chi connectivity index (χ3v) is 1.35. The topological polar surface area (TPSA) is 78.3 Å². The lowest BCUT2D eigenvalue weighted by molar-refractivity contribution is -0.122. The number of nitrogens with two attached hydrogens (primary N) is 2. The number of ether oxygens (including phenoxy) is 1. The first-order valence-corrected chi connectivity index (χ1v) is 4.14. The second-order valence-corrected chi connectivity index (χ2v) is 3.37. The summed E-state index contributed by atoms with van der Waals surface area (Å²) in [5.41, 5.74) is 10.6. The summed E-state index contributed by atoms with van der Waals surface area (Å²) in [7, 11) is 0.